The molecule has 0 bridgehead atoms. The molecule has 10 heteroatoms. The molecule has 1 aromatic carbocycles. The van der Waals surface area contributed by atoms with Crippen LogP contribution in [0.5, 0.6) is 0 Å². The number of aryl methyl sites for hydroxylation is 1. The van der Waals surface area contributed by atoms with Crippen molar-refractivity contribution in [2.45, 2.75) is 31.7 Å². The first-order valence-electron chi connectivity index (χ1n) is 9.52. The second-order valence-corrected chi connectivity index (χ2v) is 8.82. The number of benzene rings is 1. The van der Waals surface area contributed by atoms with Gasteiger partial charge in [0.15, 0.2) is 6.61 Å². The molecule has 9 nitrogen and oxygen atoms in total. The molecule has 0 atom stereocenters. The van der Waals surface area contributed by atoms with Gasteiger partial charge in [0.1, 0.15) is 10.6 Å². The van der Waals surface area contributed by atoms with Gasteiger partial charge in [-0.3, -0.25) is 4.79 Å². The molecule has 164 valence electrons. The van der Waals surface area contributed by atoms with E-state index in [0.717, 1.165) is 12.2 Å². The molecule has 2 N–H and O–H groups in total. The highest BCUT2D eigenvalue weighted by molar-refractivity contribution is 7.89. The van der Waals surface area contributed by atoms with E-state index >= 15 is 0 Å². The van der Waals surface area contributed by atoms with Crippen LogP contribution in [0.25, 0.3) is 0 Å². The van der Waals surface area contributed by atoms with E-state index in [2.05, 4.69) is 35.7 Å². The minimum absolute atomic E-state index is 0.0225. The summed E-state index contributed by atoms with van der Waals surface area (Å²) >= 11 is 0. The van der Waals surface area contributed by atoms with Crippen molar-refractivity contribution < 1.29 is 22.7 Å². The van der Waals surface area contributed by atoms with Crippen LogP contribution in [0, 0.1) is 0 Å². The minimum atomic E-state index is -3.68. The van der Waals surface area contributed by atoms with E-state index in [0.29, 0.717) is 11.7 Å². The first-order chi connectivity index (χ1) is 14.1. The van der Waals surface area contributed by atoms with Gasteiger partial charge in [-0.05, 0) is 58.2 Å². The largest absolute Gasteiger partial charge is 0.451 e. The number of aromatic nitrogens is 1. The summed E-state index contributed by atoms with van der Waals surface area (Å²) in [4.78, 5) is 26.5. The van der Waals surface area contributed by atoms with Crippen molar-refractivity contribution in [3.63, 3.8) is 0 Å². The number of sulfonamides is 1. The number of hydrogen-bond donors (Lipinski definition) is 2. The van der Waals surface area contributed by atoms with Gasteiger partial charge in [0, 0.05) is 37.2 Å². The number of carbonyl (C=O) groups excluding carboxylic acids is 2. The Labute approximate surface area is 177 Å². The number of esters is 1. The molecule has 2 rings (SSSR count). The number of nitrogens with one attached hydrogen (secondary N) is 2. The highest BCUT2D eigenvalue weighted by Gasteiger charge is 2.20. The Kier molecular flexibility index (Phi) is 7.63. The van der Waals surface area contributed by atoms with Crippen LogP contribution in [0.2, 0.25) is 0 Å². The number of hydrogen-bond acceptors (Lipinski definition) is 6. The fraction of sp³-hybridized carbons (Fsp3) is 0.400. The van der Waals surface area contributed by atoms with Crippen LogP contribution in [0.1, 0.15) is 31.3 Å². The molecule has 0 saturated carbocycles. The number of rotatable bonds is 9. The van der Waals surface area contributed by atoms with Gasteiger partial charge in [-0.25, -0.2) is 17.9 Å². The SMILES string of the molecule is CCN(c1ccc(NC(=O)COC(=O)c2cc(S(=O)(=O)NC)cn2C)cc1)C(C)C. The predicted molar refractivity (Wildman–Crippen MR) is 115 cm³/mol. The summed E-state index contributed by atoms with van der Waals surface area (Å²) in [7, 11) is -0.889. The molecular formula is C20H28N4O5S. The second kappa shape index (κ2) is 9.77. The van der Waals surface area contributed by atoms with Crippen LogP contribution in [0.4, 0.5) is 11.4 Å². The molecule has 2 aromatic rings. The zero-order valence-electron chi connectivity index (χ0n) is 17.8. The Morgan fingerprint density at radius 2 is 1.83 bits per heavy atom. The van der Waals surface area contributed by atoms with Crippen LogP contribution >= 0.6 is 0 Å². The van der Waals surface area contributed by atoms with Crippen LogP contribution in [0.15, 0.2) is 41.4 Å². The summed E-state index contributed by atoms with van der Waals surface area (Å²) in [6, 6.07) is 8.95. The third-order valence-corrected chi connectivity index (χ3v) is 5.93. The zero-order chi connectivity index (χ0) is 22.5. The van der Waals surface area contributed by atoms with Gasteiger partial charge in [-0.2, -0.15) is 0 Å². The summed E-state index contributed by atoms with van der Waals surface area (Å²) in [5.41, 5.74) is 1.66. The van der Waals surface area contributed by atoms with Crippen molar-refractivity contribution in [1.29, 1.82) is 0 Å². The van der Waals surface area contributed by atoms with Crippen molar-refractivity contribution >= 4 is 33.3 Å². The fourth-order valence-electron chi connectivity index (χ4n) is 2.99. The van der Waals surface area contributed by atoms with Gasteiger partial charge in [-0.15, -0.1) is 0 Å². The van der Waals surface area contributed by atoms with E-state index in [1.165, 1.54) is 30.9 Å². The number of amides is 1. The lowest BCUT2D eigenvalue weighted by Crippen LogP contribution is -2.30. The van der Waals surface area contributed by atoms with Crippen LogP contribution in [0.3, 0.4) is 0 Å². The molecule has 0 unspecified atom stereocenters. The number of anilines is 2. The van der Waals surface area contributed by atoms with E-state index in [1.807, 2.05) is 12.1 Å². The van der Waals surface area contributed by atoms with Gasteiger partial charge in [-0.1, -0.05) is 0 Å². The molecule has 1 aromatic heterocycles. The van der Waals surface area contributed by atoms with E-state index in [4.69, 9.17) is 4.74 Å². The van der Waals surface area contributed by atoms with Crippen molar-refractivity contribution in [3.8, 4) is 0 Å². The third kappa shape index (κ3) is 5.61. The van der Waals surface area contributed by atoms with E-state index in [-0.39, 0.29) is 10.6 Å². The van der Waals surface area contributed by atoms with Crippen LogP contribution in [-0.2, 0) is 26.6 Å². The minimum Gasteiger partial charge on any atom is -0.451 e. The maximum atomic E-state index is 12.2. The van der Waals surface area contributed by atoms with Crippen molar-refractivity contribution in [3.05, 3.63) is 42.2 Å². The third-order valence-electron chi connectivity index (χ3n) is 4.55. The van der Waals surface area contributed by atoms with E-state index in [9.17, 15) is 18.0 Å². The number of nitrogens with zero attached hydrogens (tertiary/aromatic N) is 2. The smallest absolute Gasteiger partial charge is 0.355 e. The molecule has 0 aliphatic rings. The highest BCUT2D eigenvalue weighted by atomic mass is 32.2. The summed E-state index contributed by atoms with van der Waals surface area (Å²) in [6.07, 6.45) is 1.29. The molecule has 0 radical (unpaired) electrons. The lowest BCUT2D eigenvalue weighted by molar-refractivity contribution is -0.119. The maximum Gasteiger partial charge on any atom is 0.355 e. The quantitative estimate of drug-likeness (QED) is 0.582. The van der Waals surface area contributed by atoms with Gasteiger partial charge in [0.2, 0.25) is 10.0 Å². The standard InChI is InChI=1S/C20H28N4O5S/c1-6-24(14(2)3)16-9-7-15(8-10-16)22-19(25)13-29-20(26)18-11-17(12-23(18)5)30(27,28)21-4/h7-12,14,21H,6,13H2,1-5H3,(H,22,25). The van der Waals surface area contributed by atoms with E-state index in [1.54, 1.807) is 12.1 Å². The number of carbonyl (C=O) groups is 2. The fourth-order valence-corrected chi connectivity index (χ4v) is 3.79. The monoisotopic (exact) mass is 436 g/mol. The summed E-state index contributed by atoms with van der Waals surface area (Å²) in [5, 5.41) is 2.67. The normalized spacial score (nSPS) is 11.4. The first kappa shape index (κ1) is 23.4. The van der Waals surface area contributed by atoms with E-state index < -0.39 is 28.5 Å². The molecule has 0 fully saturated rings. The van der Waals surface area contributed by atoms with Crippen molar-refractivity contribution in [2.24, 2.45) is 7.05 Å². The van der Waals surface area contributed by atoms with Gasteiger partial charge < -0.3 is 19.5 Å². The molecule has 30 heavy (non-hydrogen) atoms. The predicted octanol–water partition coefficient (Wildman–Crippen LogP) is 1.96. The molecule has 0 aliphatic carbocycles. The Morgan fingerprint density at radius 1 is 1.20 bits per heavy atom. The van der Waals surface area contributed by atoms with Gasteiger partial charge >= 0.3 is 5.97 Å². The lowest BCUT2D eigenvalue weighted by Gasteiger charge is -2.27. The lowest BCUT2D eigenvalue weighted by atomic mass is 10.2. The maximum absolute atomic E-state index is 12.2. The van der Waals surface area contributed by atoms with Crippen LogP contribution in [-0.4, -0.2) is 51.1 Å². The van der Waals surface area contributed by atoms with Crippen molar-refractivity contribution in [2.75, 3.05) is 30.4 Å². The summed E-state index contributed by atoms with van der Waals surface area (Å²) in [5.74, 6) is -1.29. The molecule has 1 amide bonds. The molecular weight excluding hydrogens is 408 g/mol. The summed E-state index contributed by atoms with van der Waals surface area (Å²) < 4.78 is 32.2. The molecule has 0 spiro atoms. The molecule has 1 heterocycles. The Bertz CT molecular complexity index is 997. The van der Waals surface area contributed by atoms with Gasteiger partial charge in [0.25, 0.3) is 5.91 Å². The van der Waals surface area contributed by atoms with Gasteiger partial charge in [0.05, 0.1) is 0 Å². The average Bonchev–Trinajstić information content (AvgIpc) is 3.10. The van der Waals surface area contributed by atoms with Crippen LogP contribution < -0.4 is 14.9 Å². The topological polar surface area (TPSA) is 110 Å². The highest BCUT2D eigenvalue weighted by Crippen LogP contribution is 2.20. The second-order valence-electron chi connectivity index (χ2n) is 6.93. The van der Waals surface area contributed by atoms with Crippen molar-refractivity contribution in [1.82, 2.24) is 9.29 Å². The molecule has 0 aliphatic heterocycles. The Hall–Kier alpha value is -2.85. The summed E-state index contributed by atoms with van der Waals surface area (Å²) in [6.45, 7) is 6.67. The zero-order valence-corrected chi connectivity index (χ0v) is 18.6. The molecule has 0 saturated heterocycles. The Balaban J connectivity index is 1.96. The number of ether oxygens (including phenoxy) is 1. The average molecular weight is 437 g/mol. The first-order valence-corrected chi connectivity index (χ1v) is 11.0. The Morgan fingerprint density at radius 3 is 2.37 bits per heavy atom.